The number of hydrogen-bond donors (Lipinski definition) is 1. The minimum atomic E-state index is 0.0899. The third kappa shape index (κ3) is 3.77. The monoisotopic (exact) mass is 451 g/mol. The third-order valence-electron chi connectivity index (χ3n) is 4.73. The first-order valence-electron chi connectivity index (χ1n) is 8.86. The number of piperazine rings is 1. The minimum Gasteiger partial charge on any atom is -0.495 e. The number of nitrogens with zero attached hydrogens (tertiary/aromatic N) is 4. The molecule has 0 unspecified atom stereocenters. The van der Waals surface area contributed by atoms with E-state index in [1.807, 2.05) is 6.07 Å². The van der Waals surface area contributed by atoms with E-state index < -0.39 is 0 Å². The van der Waals surface area contributed by atoms with Crippen LogP contribution in [0, 0.1) is 11.3 Å². The molecule has 1 atom stereocenters. The van der Waals surface area contributed by atoms with Gasteiger partial charge in [0.05, 0.1) is 31.1 Å². The Morgan fingerprint density at radius 1 is 1.44 bits per heavy atom. The van der Waals surface area contributed by atoms with Crippen LogP contribution >= 0.6 is 27.5 Å². The van der Waals surface area contributed by atoms with E-state index in [2.05, 4.69) is 42.2 Å². The van der Waals surface area contributed by atoms with Crippen molar-refractivity contribution in [3.8, 4) is 17.6 Å². The maximum atomic E-state index is 9.02. The Morgan fingerprint density at radius 2 is 2.26 bits per heavy atom. The highest BCUT2D eigenvalue weighted by Gasteiger charge is 2.29. The lowest BCUT2D eigenvalue weighted by molar-refractivity contribution is 0.301. The molecule has 1 saturated heterocycles. The maximum Gasteiger partial charge on any atom is 0.225 e. The number of hydrogen-bond acceptors (Lipinski definition) is 7. The Bertz CT molecular complexity index is 915. The Labute approximate surface area is 170 Å². The fraction of sp³-hybridized carbons (Fsp3) is 0.500. The average molecular weight is 453 g/mol. The van der Waals surface area contributed by atoms with E-state index in [9.17, 15) is 0 Å². The number of anilines is 1. The van der Waals surface area contributed by atoms with Crippen molar-refractivity contribution in [2.75, 3.05) is 31.6 Å². The molecule has 1 saturated carbocycles. The largest absolute Gasteiger partial charge is 0.495 e. The lowest BCUT2D eigenvalue weighted by Crippen LogP contribution is -2.50. The first-order chi connectivity index (χ1) is 13.1. The molecule has 9 heteroatoms. The Hall–Kier alpha value is -1.82. The molecule has 142 valence electrons. The normalized spacial score (nSPS) is 19.8. The fourth-order valence-electron chi connectivity index (χ4n) is 3.26. The number of ether oxygens (including phenoxy) is 2. The molecule has 0 spiro atoms. The lowest BCUT2D eigenvalue weighted by atomic mass is 10.1. The summed E-state index contributed by atoms with van der Waals surface area (Å²) in [5, 5.41) is 13.4. The zero-order valence-corrected chi connectivity index (χ0v) is 17.2. The third-order valence-corrected chi connectivity index (χ3v) is 5.65. The molecule has 1 aromatic heterocycles. The second kappa shape index (κ2) is 7.66. The molecule has 0 bridgehead atoms. The van der Waals surface area contributed by atoms with Crippen LogP contribution in [-0.4, -0.2) is 48.9 Å². The van der Waals surface area contributed by atoms with Crippen LogP contribution in [0.1, 0.15) is 19.3 Å². The van der Waals surface area contributed by atoms with Crippen molar-refractivity contribution in [3.63, 3.8) is 0 Å². The first-order valence-corrected chi connectivity index (χ1v) is 10.0. The smallest absolute Gasteiger partial charge is 0.225 e. The van der Waals surface area contributed by atoms with Gasteiger partial charge in [0.25, 0.3) is 0 Å². The summed E-state index contributed by atoms with van der Waals surface area (Å²) in [4.78, 5) is 11.1. The van der Waals surface area contributed by atoms with Gasteiger partial charge in [0.2, 0.25) is 5.28 Å². The van der Waals surface area contributed by atoms with Gasteiger partial charge in [0.1, 0.15) is 21.6 Å². The Balaban J connectivity index is 1.84. The number of benzene rings is 1. The molecule has 0 radical (unpaired) electrons. The zero-order valence-electron chi connectivity index (χ0n) is 14.8. The van der Waals surface area contributed by atoms with Crippen LogP contribution in [0.2, 0.25) is 5.28 Å². The average Bonchev–Trinajstić information content (AvgIpc) is 3.48. The van der Waals surface area contributed by atoms with Crippen molar-refractivity contribution < 1.29 is 9.47 Å². The number of fused-ring (bicyclic) bond motifs is 1. The van der Waals surface area contributed by atoms with Gasteiger partial charge in [-0.3, -0.25) is 0 Å². The van der Waals surface area contributed by atoms with E-state index in [0.717, 1.165) is 41.6 Å². The predicted molar refractivity (Wildman–Crippen MR) is 107 cm³/mol. The van der Waals surface area contributed by atoms with Gasteiger partial charge in [0.15, 0.2) is 5.75 Å². The highest BCUT2D eigenvalue weighted by Crippen LogP contribution is 2.45. The summed E-state index contributed by atoms with van der Waals surface area (Å²) in [7, 11) is 1.62. The van der Waals surface area contributed by atoms with Crippen LogP contribution in [0.15, 0.2) is 10.5 Å². The van der Waals surface area contributed by atoms with Crippen molar-refractivity contribution in [2.45, 2.75) is 31.4 Å². The quantitative estimate of drug-likeness (QED) is 0.697. The molecule has 7 nitrogen and oxygen atoms in total. The van der Waals surface area contributed by atoms with E-state index in [4.69, 9.17) is 26.3 Å². The summed E-state index contributed by atoms with van der Waals surface area (Å²) in [6.45, 7) is 2.21. The maximum absolute atomic E-state index is 9.02. The SMILES string of the molecule is COc1cc2c(N3CCN[C@@H](CC#N)C3)nc(Cl)nc2c(OC2CC2)c1Br. The molecule has 27 heavy (non-hydrogen) atoms. The summed E-state index contributed by atoms with van der Waals surface area (Å²) in [5.74, 6) is 2.04. The number of aromatic nitrogens is 2. The van der Waals surface area contributed by atoms with Crippen molar-refractivity contribution in [1.82, 2.24) is 15.3 Å². The van der Waals surface area contributed by atoms with Crippen LogP contribution in [0.25, 0.3) is 10.9 Å². The predicted octanol–water partition coefficient (Wildman–Crippen LogP) is 3.29. The van der Waals surface area contributed by atoms with Crippen LogP contribution in [0.3, 0.4) is 0 Å². The highest BCUT2D eigenvalue weighted by molar-refractivity contribution is 9.10. The van der Waals surface area contributed by atoms with Crippen molar-refractivity contribution in [1.29, 1.82) is 5.26 Å². The van der Waals surface area contributed by atoms with E-state index in [-0.39, 0.29) is 17.4 Å². The van der Waals surface area contributed by atoms with Gasteiger partial charge in [-0.25, -0.2) is 4.98 Å². The molecule has 4 rings (SSSR count). The summed E-state index contributed by atoms with van der Waals surface area (Å²) in [6.07, 6.45) is 2.71. The van der Waals surface area contributed by atoms with Crippen molar-refractivity contribution >= 4 is 44.3 Å². The Kier molecular flexibility index (Phi) is 5.26. The molecule has 2 aromatic rings. The van der Waals surface area contributed by atoms with Gasteiger partial charge in [-0.1, -0.05) is 0 Å². The van der Waals surface area contributed by atoms with Gasteiger partial charge >= 0.3 is 0 Å². The fourth-order valence-corrected chi connectivity index (χ4v) is 3.98. The lowest BCUT2D eigenvalue weighted by Gasteiger charge is -2.34. The molecular weight excluding hydrogens is 434 g/mol. The number of rotatable bonds is 5. The summed E-state index contributed by atoms with van der Waals surface area (Å²) >= 11 is 9.85. The van der Waals surface area contributed by atoms with Crippen molar-refractivity contribution in [2.24, 2.45) is 0 Å². The van der Waals surface area contributed by atoms with Gasteiger partial charge in [-0.15, -0.1) is 0 Å². The number of halogens is 2. The zero-order chi connectivity index (χ0) is 19.0. The molecule has 2 aliphatic rings. The topological polar surface area (TPSA) is 83.3 Å². The summed E-state index contributed by atoms with van der Waals surface area (Å²) in [6, 6.07) is 4.23. The number of nitrogens with one attached hydrogen (secondary N) is 1. The number of methoxy groups -OCH3 is 1. The molecule has 1 aliphatic carbocycles. The van der Waals surface area contributed by atoms with Crippen LogP contribution in [0.5, 0.6) is 11.5 Å². The molecular formula is C18H19BrClN5O2. The Morgan fingerprint density at radius 3 is 2.96 bits per heavy atom. The van der Waals surface area contributed by atoms with Crippen LogP contribution < -0.4 is 19.7 Å². The van der Waals surface area contributed by atoms with Gasteiger partial charge in [-0.2, -0.15) is 10.2 Å². The van der Waals surface area contributed by atoms with E-state index in [0.29, 0.717) is 30.0 Å². The highest BCUT2D eigenvalue weighted by atomic mass is 79.9. The minimum absolute atomic E-state index is 0.0899. The van der Waals surface area contributed by atoms with E-state index in [1.165, 1.54) is 0 Å². The number of nitriles is 1. The first kappa shape index (κ1) is 18.5. The van der Waals surface area contributed by atoms with Gasteiger partial charge < -0.3 is 19.7 Å². The van der Waals surface area contributed by atoms with Crippen LogP contribution in [0.4, 0.5) is 5.82 Å². The molecule has 2 fully saturated rings. The molecule has 1 N–H and O–H groups in total. The van der Waals surface area contributed by atoms with E-state index >= 15 is 0 Å². The van der Waals surface area contributed by atoms with Gasteiger partial charge in [0, 0.05) is 25.7 Å². The van der Waals surface area contributed by atoms with Crippen molar-refractivity contribution in [3.05, 3.63) is 15.8 Å². The van der Waals surface area contributed by atoms with Crippen LogP contribution in [-0.2, 0) is 0 Å². The summed E-state index contributed by atoms with van der Waals surface area (Å²) < 4.78 is 12.4. The summed E-state index contributed by atoms with van der Waals surface area (Å²) in [5.41, 5.74) is 0.667. The standard InChI is InChI=1S/C18H19BrClN5O2/c1-26-13-8-12-15(16(14(13)19)27-11-2-3-11)23-18(20)24-17(12)25-7-6-22-10(9-25)4-5-21/h8,10-11,22H,2-4,6-7,9H2,1H3/t10-/m0/s1. The molecule has 1 aromatic carbocycles. The molecule has 2 heterocycles. The molecule has 1 aliphatic heterocycles. The second-order valence-corrected chi connectivity index (χ2v) is 7.84. The van der Waals surface area contributed by atoms with E-state index in [1.54, 1.807) is 7.11 Å². The molecule has 0 amide bonds. The second-order valence-electron chi connectivity index (χ2n) is 6.71. The van der Waals surface area contributed by atoms with Gasteiger partial charge in [-0.05, 0) is 46.4 Å².